The first-order valence-corrected chi connectivity index (χ1v) is 9.82. The fourth-order valence-electron chi connectivity index (χ4n) is 3.15. The number of ether oxygens (including phenoxy) is 3. The predicted octanol–water partition coefficient (Wildman–Crippen LogP) is 3.04. The van der Waals surface area contributed by atoms with Crippen molar-refractivity contribution >= 4 is 23.6 Å². The molecule has 0 aliphatic carbocycles. The standard InChI is InChI=1S/C23H26N2O5/c1-4-13-24-23(27)21-15-25(18-7-5-6-8-19(18)30-21)22(26)12-10-16-9-11-17(28-2)14-20(16)29-3/h5-12,14,21H,4,13,15H2,1-3H3,(H,24,27)/b12-10+/t21-/m0/s1. The molecule has 2 aromatic rings. The van der Waals surface area contributed by atoms with Gasteiger partial charge >= 0.3 is 0 Å². The molecule has 3 rings (SSSR count). The summed E-state index contributed by atoms with van der Waals surface area (Å²) >= 11 is 0. The molecule has 0 saturated heterocycles. The van der Waals surface area contributed by atoms with Crippen LogP contribution in [-0.4, -0.2) is 45.2 Å². The Balaban J connectivity index is 1.83. The lowest BCUT2D eigenvalue weighted by Crippen LogP contribution is -2.50. The van der Waals surface area contributed by atoms with Crippen LogP contribution in [0, 0.1) is 0 Å². The van der Waals surface area contributed by atoms with Crippen molar-refractivity contribution in [2.24, 2.45) is 0 Å². The predicted molar refractivity (Wildman–Crippen MR) is 115 cm³/mol. The Morgan fingerprint density at radius 2 is 2.00 bits per heavy atom. The van der Waals surface area contributed by atoms with Crippen molar-refractivity contribution < 1.29 is 23.8 Å². The minimum Gasteiger partial charge on any atom is -0.497 e. The van der Waals surface area contributed by atoms with Gasteiger partial charge in [0.15, 0.2) is 6.10 Å². The van der Waals surface area contributed by atoms with Crippen LogP contribution in [0.4, 0.5) is 5.69 Å². The summed E-state index contributed by atoms with van der Waals surface area (Å²) in [5.74, 6) is 1.28. The second kappa shape index (κ2) is 9.82. The number of rotatable bonds is 7. The van der Waals surface area contributed by atoms with E-state index >= 15 is 0 Å². The van der Waals surface area contributed by atoms with E-state index in [1.807, 2.05) is 25.1 Å². The van der Waals surface area contributed by atoms with E-state index in [9.17, 15) is 9.59 Å². The van der Waals surface area contributed by atoms with Gasteiger partial charge in [0.1, 0.15) is 17.2 Å². The molecule has 1 aliphatic heterocycles. The van der Waals surface area contributed by atoms with Gasteiger partial charge in [0.2, 0.25) is 0 Å². The van der Waals surface area contributed by atoms with Crippen LogP contribution in [0.1, 0.15) is 18.9 Å². The van der Waals surface area contributed by atoms with Crippen LogP contribution in [0.25, 0.3) is 6.08 Å². The van der Waals surface area contributed by atoms with Crippen molar-refractivity contribution in [1.29, 1.82) is 0 Å². The molecule has 0 saturated carbocycles. The molecule has 0 fully saturated rings. The van der Waals surface area contributed by atoms with E-state index in [0.29, 0.717) is 29.5 Å². The number of amides is 2. The Bertz CT molecular complexity index is 941. The van der Waals surface area contributed by atoms with Crippen molar-refractivity contribution in [3.8, 4) is 17.2 Å². The molecular weight excluding hydrogens is 384 g/mol. The number of benzene rings is 2. The summed E-state index contributed by atoms with van der Waals surface area (Å²) in [5, 5.41) is 2.83. The van der Waals surface area contributed by atoms with Crippen LogP contribution in [-0.2, 0) is 9.59 Å². The molecule has 0 aromatic heterocycles. The fourth-order valence-corrected chi connectivity index (χ4v) is 3.15. The normalized spacial score (nSPS) is 15.3. The first-order valence-electron chi connectivity index (χ1n) is 9.82. The number of nitrogens with one attached hydrogen (secondary N) is 1. The largest absolute Gasteiger partial charge is 0.497 e. The number of anilines is 1. The Kier molecular flexibility index (Phi) is 6.95. The Labute approximate surface area is 176 Å². The molecule has 0 spiro atoms. The zero-order valence-corrected chi connectivity index (χ0v) is 17.4. The lowest BCUT2D eigenvalue weighted by molar-refractivity contribution is -0.128. The molecular formula is C23H26N2O5. The molecule has 0 bridgehead atoms. The minimum atomic E-state index is -0.765. The first kappa shape index (κ1) is 21.2. The third kappa shape index (κ3) is 4.74. The summed E-state index contributed by atoms with van der Waals surface area (Å²) in [7, 11) is 3.14. The third-order valence-electron chi connectivity index (χ3n) is 4.73. The number of hydrogen-bond acceptors (Lipinski definition) is 5. The second-order valence-corrected chi connectivity index (χ2v) is 6.76. The quantitative estimate of drug-likeness (QED) is 0.710. The van der Waals surface area contributed by atoms with Gasteiger partial charge in [-0.05, 0) is 36.8 Å². The summed E-state index contributed by atoms with van der Waals surface area (Å²) in [6, 6.07) is 12.6. The van der Waals surface area contributed by atoms with Gasteiger partial charge in [-0.3, -0.25) is 9.59 Å². The maximum atomic E-state index is 13.0. The lowest BCUT2D eigenvalue weighted by Gasteiger charge is -2.33. The summed E-state index contributed by atoms with van der Waals surface area (Å²) < 4.78 is 16.4. The zero-order chi connectivity index (χ0) is 21.5. The second-order valence-electron chi connectivity index (χ2n) is 6.76. The van der Waals surface area contributed by atoms with Gasteiger partial charge in [-0.2, -0.15) is 0 Å². The SMILES string of the molecule is CCCNC(=O)[C@@H]1CN(C(=O)/C=C/c2ccc(OC)cc2OC)c2ccccc2O1. The molecule has 1 atom stereocenters. The number of fused-ring (bicyclic) bond motifs is 1. The van der Waals surface area contributed by atoms with Crippen LogP contribution < -0.4 is 24.4 Å². The Morgan fingerprint density at radius 1 is 1.20 bits per heavy atom. The van der Waals surface area contributed by atoms with Crippen molar-refractivity contribution in [1.82, 2.24) is 5.32 Å². The van der Waals surface area contributed by atoms with E-state index in [2.05, 4.69) is 5.32 Å². The number of carbonyl (C=O) groups excluding carboxylic acids is 2. The smallest absolute Gasteiger partial charge is 0.262 e. The summed E-state index contributed by atoms with van der Waals surface area (Å²) in [4.78, 5) is 27.0. The molecule has 7 nitrogen and oxygen atoms in total. The van der Waals surface area contributed by atoms with E-state index in [4.69, 9.17) is 14.2 Å². The van der Waals surface area contributed by atoms with Gasteiger partial charge in [0.25, 0.3) is 11.8 Å². The third-order valence-corrected chi connectivity index (χ3v) is 4.73. The van der Waals surface area contributed by atoms with Gasteiger partial charge < -0.3 is 24.4 Å². The highest BCUT2D eigenvalue weighted by Crippen LogP contribution is 2.33. The van der Waals surface area contributed by atoms with Crippen LogP contribution >= 0.6 is 0 Å². The minimum absolute atomic E-state index is 0.134. The molecule has 158 valence electrons. The Morgan fingerprint density at radius 3 is 2.73 bits per heavy atom. The van der Waals surface area contributed by atoms with Gasteiger partial charge in [-0.25, -0.2) is 0 Å². The monoisotopic (exact) mass is 410 g/mol. The topological polar surface area (TPSA) is 77.1 Å². The molecule has 30 heavy (non-hydrogen) atoms. The van der Waals surface area contributed by atoms with E-state index in [0.717, 1.165) is 12.0 Å². The number of carbonyl (C=O) groups is 2. The fraction of sp³-hybridized carbons (Fsp3) is 0.304. The number of methoxy groups -OCH3 is 2. The summed E-state index contributed by atoms with van der Waals surface area (Å²) in [6.07, 6.45) is 3.21. The lowest BCUT2D eigenvalue weighted by atomic mass is 10.1. The van der Waals surface area contributed by atoms with Crippen LogP contribution in [0.5, 0.6) is 17.2 Å². The van der Waals surface area contributed by atoms with Crippen molar-refractivity contribution in [3.63, 3.8) is 0 Å². The highest BCUT2D eigenvalue weighted by molar-refractivity contribution is 6.06. The van der Waals surface area contributed by atoms with Gasteiger partial charge in [0.05, 0.1) is 26.5 Å². The van der Waals surface area contributed by atoms with Crippen LogP contribution in [0.3, 0.4) is 0 Å². The van der Waals surface area contributed by atoms with Gasteiger partial charge in [-0.15, -0.1) is 0 Å². The molecule has 0 radical (unpaired) electrons. The molecule has 1 N–H and O–H groups in total. The molecule has 0 unspecified atom stereocenters. The number of nitrogens with zero attached hydrogens (tertiary/aromatic N) is 1. The first-order chi connectivity index (χ1) is 14.6. The summed E-state index contributed by atoms with van der Waals surface area (Å²) in [5.41, 5.74) is 1.37. The molecule has 1 aliphatic rings. The zero-order valence-electron chi connectivity index (χ0n) is 17.4. The molecule has 1 heterocycles. The number of para-hydroxylation sites is 2. The molecule has 2 amide bonds. The van der Waals surface area contributed by atoms with E-state index in [1.54, 1.807) is 49.5 Å². The molecule has 2 aromatic carbocycles. The van der Waals surface area contributed by atoms with Crippen molar-refractivity contribution in [2.75, 3.05) is 32.2 Å². The highest BCUT2D eigenvalue weighted by Gasteiger charge is 2.32. The highest BCUT2D eigenvalue weighted by atomic mass is 16.5. The number of hydrogen-bond donors (Lipinski definition) is 1. The van der Waals surface area contributed by atoms with Crippen LogP contribution in [0.2, 0.25) is 0 Å². The van der Waals surface area contributed by atoms with E-state index in [1.165, 1.54) is 6.08 Å². The molecule has 7 heteroatoms. The van der Waals surface area contributed by atoms with Crippen molar-refractivity contribution in [3.05, 3.63) is 54.1 Å². The van der Waals surface area contributed by atoms with E-state index < -0.39 is 6.10 Å². The van der Waals surface area contributed by atoms with E-state index in [-0.39, 0.29) is 18.4 Å². The maximum absolute atomic E-state index is 13.0. The van der Waals surface area contributed by atoms with Gasteiger partial charge in [0, 0.05) is 24.3 Å². The average molecular weight is 410 g/mol. The van der Waals surface area contributed by atoms with Gasteiger partial charge in [-0.1, -0.05) is 19.1 Å². The van der Waals surface area contributed by atoms with Crippen LogP contribution in [0.15, 0.2) is 48.5 Å². The maximum Gasteiger partial charge on any atom is 0.262 e. The van der Waals surface area contributed by atoms with Crippen molar-refractivity contribution in [2.45, 2.75) is 19.4 Å². The summed E-state index contributed by atoms with van der Waals surface area (Å²) in [6.45, 7) is 2.67. The Hall–Kier alpha value is -3.48. The average Bonchev–Trinajstić information content (AvgIpc) is 2.79.